The summed E-state index contributed by atoms with van der Waals surface area (Å²) in [5, 5.41) is 10.1. The van der Waals surface area contributed by atoms with Gasteiger partial charge in [0.15, 0.2) is 0 Å². The van der Waals surface area contributed by atoms with Crippen molar-refractivity contribution < 1.29 is 0 Å². The molecule has 13 heavy (non-hydrogen) atoms. The van der Waals surface area contributed by atoms with Crippen molar-refractivity contribution >= 4 is 10.8 Å². The van der Waals surface area contributed by atoms with E-state index in [0.29, 0.717) is 5.49 Å². The van der Waals surface area contributed by atoms with Gasteiger partial charge < -0.3 is 4.57 Å². The van der Waals surface area contributed by atoms with Crippen LogP contribution in [0.5, 0.6) is 0 Å². The molecule has 0 aliphatic heterocycles. The van der Waals surface area contributed by atoms with Crippen molar-refractivity contribution in [2.75, 3.05) is 0 Å². The van der Waals surface area contributed by atoms with Crippen molar-refractivity contribution in [1.82, 2.24) is 4.57 Å². The maximum absolute atomic E-state index is 7.90. The number of hydrogen-bond donors (Lipinski definition) is 1. The van der Waals surface area contributed by atoms with E-state index < -0.39 is 0 Å². The maximum Gasteiger partial charge on any atom is 0.132 e. The van der Waals surface area contributed by atoms with Crippen LogP contribution < -0.4 is 5.49 Å². The second kappa shape index (κ2) is 3.05. The van der Waals surface area contributed by atoms with E-state index in [2.05, 4.69) is 6.07 Å². The van der Waals surface area contributed by atoms with E-state index in [-0.39, 0.29) is 0 Å². The Hall–Kier alpha value is -1.57. The molecular formula is C11H12N2. The van der Waals surface area contributed by atoms with Gasteiger partial charge in [0.05, 0.1) is 0 Å². The molecule has 0 unspecified atom stereocenters. The van der Waals surface area contributed by atoms with Gasteiger partial charge >= 0.3 is 0 Å². The molecule has 0 atom stereocenters. The van der Waals surface area contributed by atoms with E-state index in [9.17, 15) is 0 Å². The zero-order chi connectivity index (χ0) is 9.26. The second-order valence-corrected chi connectivity index (χ2v) is 3.04. The molecule has 0 saturated heterocycles. The number of benzene rings is 1. The molecule has 0 radical (unpaired) electrons. The van der Waals surface area contributed by atoms with Crippen molar-refractivity contribution in [2.24, 2.45) is 0 Å². The maximum atomic E-state index is 7.90. The SMILES string of the molecule is CCn1ccc2ccccc2c1=N. The fourth-order valence-electron chi connectivity index (χ4n) is 1.52. The number of aromatic nitrogens is 1. The first-order chi connectivity index (χ1) is 6.33. The average molecular weight is 172 g/mol. The van der Waals surface area contributed by atoms with Gasteiger partial charge in [0.25, 0.3) is 0 Å². The fraction of sp³-hybridized carbons (Fsp3) is 0.182. The third kappa shape index (κ3) is 1.24. The standard InChI is InChI=1S/C11H12N2/c1-2-13-8-7-9-5-3-4-6-10(9)11(13)12/h3-8,12H,2H2,1H3. The lowest BCUT2D eigenvalue weighted by molar-refractivity contribution is 0.711. The lowest BCUT2D eigenvalue weighted by Crippen LogP contribution is -2.18. The van der Waals surface area contributed by atoms with E-state index in [4.69, 9.17) is 5.41 Å². The Bertz CT molecular complexity index is 483. The van der Waals surface area contributed by atoms with Crippen molar-refractivity contribution in [2.45, 2.75) is 13.5 Å². The number of pyridine rings is 1. The van der Waals surface area contributed by atoms with Gasteiger partial charge in [0, 0.05) is 18.1 Å². The molecule has 0 bridgehead atoms. The average Bonchev–Trinajstić information content (AvgIpc) is 2.19. The lowest BCUT2D eigenvalue weighted by atomic mass is 10.2. The number of nitrogens with zero attached hydrogens (tertiary/aromatic N) is 1. The van der Waals surface area contributed by atoms with E-state index in [1.165, 1.54) is 0 Å². The Morgan fingerprint density at radius 1 is 1.23 bits per heavy atom. The van der Waals surface area contributed by atoms with Crippen molar-refractivity contribution in [3.8, 4) is 0 Å². The smallest absolute Gasteiger partial charge is 0.132 e. The van der Waals surface area contributed by atoms with E-state index in [1.54, 1.807) is 0 Å². The van der Waals surface area contributed by atoms with Gasteiger partial charge in [-0.1, -0.05) is 24.3 Å². The molecule has 0 spiro atoms. The fourth-order valence-corrected chi connectivity index (χ4v) is 1.52. The second-order valence-electron chi connectivity index (χ2n) is 3.04. The number of fused-ring (bicyclic) bond motifs is 1. The zero-order valence-corrected chi connectivity index (χ0v) is 7.62. The van der Waals surface area contributed by atoms with Crippen LogP contribution >= 0.6 is 0 Å². The first kappa shape index (κ1) is 8.05. The molecule has 2 aromatic rings. The molecular weight excluding hydrogens is 160 g/mol. The number of rotatable bonds is 1. The molecule has 0 saturated carbocycles. The molecule has 2 rings (SSSR count). The van der Waals surface area contributed by atoms with Gasteiger partial charge in [0.1, 0.15) is 5.49 Å². The number of nitrogens with one attached hydrogen (secondary N) is 1. The third-order valence-electron chi connectivity index (χ3n) is 2.28. The van der Waals surface area contributed by atoms with Crippen LogP contribution in [0.1, 0.15) is 6.92 Å². The highest BCUT2D eigenvalue weighted by Crippen LogP contribution is 2.07. The van der Waals surface area contributed by atoms with Crippen molar-refractivity contribution in [3.63, 3.8) is 0 Å². The quantitative estimate of drug-likeness (QED) is 0.683. The predicted octanol–water partition coefficient (Wildman–Crippen LogP) is 2.14. The third-order valence-corrected chi connectivity index (χ3v) is 2.28. The van der Waals surface area contributed by atoms with Gasteiger partial charge in [-0.15, -0.1) is 0 Å². The molecule has 0 fully saturated rings. The Labute approximate surface area is 77.0 Å². The zero-order valence-electron chi connectivity index (χ0n) is 7.62. The molecule has 0 aliphatic rings. The molecule has 1 N–H and O–H groups in total. The Kier molecular flexibility index (Phi) is 1.89. The highest BCUT2D eigenvalue weighted by molar-refractivity contribution is 5.80. The summed E-state index contributed by atoms with van der Waals surface area (Å²) in [6, 6.07) is 10.0. The summed E-state index contributed by atoms with van der Waals surface area (Å²) in [6.07, 6.45) is 1.96. The first-order valence-electron chi connectivity index (χ1n) is 4.45. The summed E-state index contributed by atoms with van der Waals surface area (Å²) < 4.78 is 1.93. The summed E-state index contributed by atoms with van der Waals surface area (Å²) in [5.74, 6) is 0. The Morgan fingerprint density at radius 3 is 2.77 bits per heavy atom. The van der Waals surface area contributed by atoms with E-state index in [1.807, 2.05) is 42.0 Å². The monoisotopic (exact) mass is 172 g/mol. The molecule has 0 amide bonds. The first-order valence-corrected chi connectivity index (χ1v) is 4.45. The predicted molar refractivity (Wildman–Crippen MR) is 53.5 cm³/mol. The summed E-state index contributed by atoms with van der Waals surface area (Å²) >= 11 is 0. The number of hydrogen-bond acceptors (Lipinski definition) is 1. The van der Waals surface area contributed by atoms with Crippen molar-refractivity contribution in [3.05, 3.63) is 42.0 Å². The van der Waals surface area contributed by atoms with Crippen LogP contribution in [0.4, 0.5) is 0 Å². The van der Waals surface area contributed by atoms with Crippen LogP contribution in [-0.4, -0.2) is 4.57 Å². The minimum absolute atomic E-state index is 0.598. The summed E-state index contributed by atoms with van der Waals surface area (Å²) in [7, 11) is 0. The topological polar surface area (TPSA) is 28.8 Å². The number of aryl methyl sites for hydroxylation is 1. The summed E-state index contributed by atoms with van der Waals surface area (Å²) in [6.45, 7) is 2.90. The van der Waals surface area contributed by atoms with Crippen LogP contribution in [0.2, 0.25) is 0 Å². The van der Waals surface area contributed by atoms with Gasteiger partial charge in [-0.25, -0.2) is 0 Å². The largest absolute Gasteiger partial charge is 0.333 e. The van der Waals surface area contributed by atoms with Crippen LogP contribution in [0, 0.1) is 5.41 Å². The molecule has 1 heterocycles. The van der Waals surface area contributed by atoms with Crippen LogP contribution in [0.25, 0.3) is 10.8 Å². The Morgan fingerprint density at radius 2 is 2.00 bits per heavy atom. The minimum atomic E-state index is 0.598. The van der Waals surface area contributed by atoms with Crippen LogP contribution in [0.15, 0.2) is 36.5 Å². The van der Waals surface area contributed by atoms with E-state index >= 15 is 0 Å². The van der Waals surface area contributed by atoms with Gasteiger partial charge in [-0.05, 0) is 18.4 Å². The molecule has 66 valence electrons. The van der Waals surface area contributed by atoms with Crippen LogP contribution in [0.3, 0.4) is 0 Å². The van der Waals surface area contributed by atoms with Gasteiger partial charge in [0.2, 0.25) is 0 Å². The van der Waals surface area contributed by atoms with Gasteiger partial charge in [-0.3, -0.25) is 5.41 Å². The van der Waals surface area contributed by atoms with Gasteiger partial charge in [-0.2, -0.15) is 0 Å². The Balaban J connectivity index is 2.87. The summed E-state index contributed by atoms with van der Waals surface area (Å²) in [5.41, 5.74) is 0.598. The molecule has 2 nitrogen and oxygen atoms in total. The van der Waals surface area contributed by atoms with Crippen LogP contribution in [-0.2, 0) is 6.54 Å². The summed E-state index contributed by atoms with van der Waals surface area (Å²) in [4.78, 5) is 0. The normalized spacial score (nSPS) is 10.5. The van der Waals surface area contributed by atoms with E-state index in [0.717, 1.165) is 17.3 Å². The minimum Gasteiger partial charge on any atom is -0.333 e. The highest BCUT2D eigenvalue weighted by Gasteiger charge is 1.95. The highest BCUT2D eigenvalue weighted by atomic mass is 15.0. The molecule has 1 aromatic carbocycles. The molecule has 0 aliphatic carbocycles. The van der Waals surface area contributed by atoms with Crippen molar-refractivity contribution in [1.29, 1.82) is 5.41 Å². The molecule has 1 aromatic heterocycles. The molecule has 2 heteroatoms. The lowest BCUT2D eigenvalue weighted by Gasteiger charge is -2.04.